The van der Waals surface area contributed by atoms with E-state index in [-0.39, 0.29) is 12.5 Å². The van der Waals surface area contributed by atoms with Gasteiger partial charge < -0.3 is 10.8 Å². The number of aryl methyl sites for hydroxylation is 1. The number of amides is 3. The normalized spacial score (nSPS) is 17.8. The molecule has 3 amide bonds. The van der Waals surface area contributed by atoms with Crippen molar-refractivity contribution in [1.29, 1.82) is 0 Å². The van der Waals surface area contributed by atoms with Crippen LogP contribution in [0, 0.1) is 0 Å². The van der Waals surface area contributed by atoms with Crippen molar-refractivity contribution < 1.29 is 14.7 Å². The van der Waals surface area contributed by atoms with Crippen molar-refractivity contribution in [1.82, 2.24) is 20.1 Å². The van der Waals surface area contributed by atoms with E-state index in [2.05, 4.69) is 15.3 Å². The highest BCUT2D eigenvalue weighted by Gasteiger charge is 2.37. The van der Waals surface area contributed by atoms with Crippen LogP contribution in [0.1, 0.15) is 17.5 Å². The van der Waals surface area contributed by atoms with E-state index >= 15 is 0 Å². The Balaban J connectivity index is 1.70. The summed E-state index contributed by atoms with van der Waals surface area (Å²) in [6.45, 7) is 1.81. The third-order valence-electron chi connectivity index (χ3n) is 4.86. The maximum Gasteiger partial charge on any atom is 0.328 e. The van der Waals surface area contributed by atoms with Crippen LogP contribution in [0.15, 0.2) is 47.5 Å². The molecule has 1 unspecified atom stereocenters. The van der Waals surface area contributed by atoms with E-state index in [1.165, 1.54) is 4.90 Å². The lowest BCUT2D eigenvalue weighted by Crippen LogP contribution is -2.66. The van der Waals surface area contributed by atoms with Crippen molar-refractivity contribution in [3.8, 4) is 0 Å². The van der Waals surface area contributed by atoms with Gasteiger partial charge in [-0.25, -0.2) is 14.8 Å². The number of nitrogens with zero attached hydrogens (tertiary/aromatic N) is 4. The molecule has 2 aromatic carbocycles. The van der Waals surface area contributed by atoms with Crippen molar-refractivity contribution in [2.24, 2.45) is 10.7 Å². The van der Waals surface area contributed by atoms with Crippen LogP contribution in [0.2, 0.25) is 5.02 Å². The summed E-state index contributed by atoms with van der Waals surface area (Å²) in [6.07, 6.45) is -0.597. The fraction of sp³-hybridized carbons (Fsp3) is 0.238. The van der Waals surface area contributed by atoms with E-state index in [4.69, 9.17) is 17.3 Å². The quantitative estimate of drug-likeness (QED) is 0.508. The van der Waals surface area contributed by atoms with E-state index in [1.807, 2.05) is 19.1 Å². The Kier molecular flexibility index (Phi) is 6.26. The smallest absolute Gasteiger partial charge is 0.328 e. The van der Waals surface area contributed by atoms with Crippen molar-refractivity contribution >= 4 is 56.7 Å². The van der Waals surface area contributed by atoms with Gasteiger partial charge in [0, 0.05) is 5.02 Å². The molecule has 2 heterocycles. The maximum atomic E-state index is 12.6. The van der Waals surface area contributed by atoms with Crippen LogP contribution in [0.3, 0.4) is 0 Å². The van der Waals surface area contributed by atoms with Gasteiger partial charge in [0.15, 0.2) is 0 Å². The second-order valence-corrected chi connectivity index (χ2v) is 8.73. The van der Waals surface area contributed by atoms with Crippen LogP contribution in [0.4, 0.5) is 10.5 Å². The highest BCUT2D eigenvalue weighted by Crippen LogP contribution is 2.28. The number of halogens is 1. The molecule has 1 fully saturated rings. The van der Waals surface area contributed by atoms with Gasteiger partial charge >= 0.3 is 6.03 Å². The number of hydrogen-bond donors (Lipinski definition) is 3. The van der Waals surface area contributed by atoms with Crippen LogP contribution in [0.5, 0.6) is 0 Å². The van der Waals surface area contributed by atoms with Crippen molar-refractivity contribution in [2.75, 3.05) is 6.54 Å². The molecule has 1 aliphatic heterocycles. The molecule has 4 N–H and O–H groups in total. The van der Waals surface area contributed by atoms with E-state index in [0.29, 0.717) is 10.7 Å². The monoisotopic (exact) mass is 472 g/mol. The lowest BCUT2D eigenvalue weighted by Gasteiger charge is -2.41. The van der Waals surface area contributed by atoms with Gasteiger partial charge in [0.2, 0.25) is 18.2 Å². The molecule has 1 aromatic heterocycles. The molecule has 3 aromatic rings. The summed E-state index contributed by atoms with van der Waals surface area (Å²) >= 11 is 7.55. The van der Waals surface area contributed by atoms with Gasteiger partial charge in [-0.05, 0) is 42.3 Å². The second kappa shape index (κ2) is 9.11. The summed E-state index contributed by atoms with van der Waals surface area (Å²) in [6, 6.07) is 11.9. The van der Waals surface area contributed by atoms with Crippen molar-refractivity contribution in [2.45, 2.75) is 26.2 Å². The minimum absolute atomic E-state index is 0.151. The number of benzene rings is 2. The molecule has 0 saturated carbocycles. The van der Waals surface area contributed by atoms with Crippen LogP contribution in [0.25, 0.3) is 10.2 Å². The molecule has 0 radical (unpaired) electrons. The lowest BCUT2D eigenvalue weighted by atomic mass is 10.2. The number of thiazole rings is 1. The van der Waals surface area contributed by atoms with E-state index < -0.39 is 24.8 Å². The number of aliphatic hydroxyl groups is 1. The second-order valence-electron chi connectivity index (χ2n) is 7.17. The number of guanidine groups is 1. The highest BCUT2D eigenvalue weighted by atomic mass is 35.5. The Morgan fingerprint density at radius 1 is 1.28 bits per heavy atom. The molecule has 1 aliphatic rings. The van der Waals surface area contributed by atoms with Gasteiger partial charge in [0.1, 0.15) is 6.54 Å². The zero-order valence-electron chi connectivity index (χ0n) is 17.2. The number of hydrogen-bond acceptors (Lipinski definition) is 6. The Hall–Kier alpha value is -3.21. The predicted octanol–water partition coefficient (Wildman–Crippen LogP) is 2.79. The molecule has 0 spiro atoms. The topological polar surface area (TPSA) is 124 Å². The first-order valence-corrected chi connectivity index (χ1v) is 11.1. The Labute approximate surface area is 193 Å². The summed E-state index contributed by atoms with van der Waals surface area (Å²) in [4.78, 5) is 35.5. The van der Waals surface area contributed by atoms with E-state index in [1.54, 1.807) is 41.7 Å². The average Bonchev–Trinajstić information content (AvgIpc) is 3.17. The number of carbonyl (C=O) groups is 2. The molecule has 1 saturated heterocycles. The zero-order valence-corrected chi connectivity index (χ0v) is 18.7. The predicted molar refractivity (Wildman–Crippen MR) is 124 cm³/mol. The van der Waals surface area contributed by atoms with Crippen LogP contribution in [-0.4, -0.2) is 50.7 Å². The third-order valence-corrected chi connectivity index (χ3v) is 6.27. The molecular formula is C21H21ClN6O3S. The standard InChI is InChI=1S/C21H21ClN6O3S/c1-2-18-25-15-8-7-14(9-16(15)32-18)24-19-26-20(30)28(11-17(23)29)21(31)27(19)10-12-3-5-13(22)6-4-12/h3-9,21,31H,2,10-11H2,1H3,(H2,23,29)(H,24,26,30). The average molecular weight is 473 g/mol. The maximum absolute atomic E-state index is 12.6. The number of nitrogens with one attached hydrogen (secondary N) is 1. The van der Waals surface area contributed by atoms with Gasteiger partial charge in [-0.15, -0.1) is 11.3 Å². The number of fused-ring (bicyclic) bond motifs is 1. The van der Waals surface area contributed by atoms with Gasteiger partial charge in [0.05, 0.1) is 27.5 Å². The third kappa shape index (κ3) is 4.67. The number of carbonyl (C=O) groups excluding carboxylic acids is 2. The number of primary amides is 1. The van der Waals surface area contributed by atoms with Crippen LogP contribution >= 0.6 is 22.9 Å². The van der Waals surface area contributed by atoms with Gasteiger partial charge in [-0.3, -0.25) is 19.9 Å². The molecule has 9 nitrogen and oxygen atoms in total. The molecule has 4 rings (SSSR count). The molecule has 11 heteroatoms. The first-order chi connectivity index (χ1) is 15.3. The van der Waals surface area contributed by atoms with E-state index in [0.717, 1.165) is 32.1 Å². The van der Waals surface area contributed by atoms with Crippen LogP contribution in [-0.2, 0) is 17.8 Å². The lowest BCUT2D eigenvalue weighted by molar-refractivity contribution is -0.125. The molecule has 166 valence electrons. The number of nitrogens with two attached hydrogens (primary N) is 1. The SMILES string of the molecule is CCc1nc2ccc(N=C3NC(=O)N(CC(N)=O)C(O)N3Cc3ccc(Cl)cc3)cc2s1. The molecule has 0 bridgehead atoms. The Bertz CT molecular complexity index is 1200. The highest BCUT2D eigenvalue weighted by molar-refractivity contribution is 7.18. The number of aliphatic hydroxyl groups excluding tert-OH is 1. The van der Waals surface area contributed by atoms with Gasteiger partial charge in [0.25, 0.3) is 0 Å². The summed E-state index contributed by atoms with van der Waals surface area (Å²) < 4.78 is 0.978. The molecule has 0 aliphatic carbocycles. The largest absolute Gasteiger partial charge is 0.368 e. The molecule has 1 atom stereocenters. The zero-order chi connectivity index (χ0) is 22.8. The Morgan fingerprint density at radius 2 is 2.03 bits per heavy atom. The minimum atomic E-state index is -1.44. The molecular weight excluding hydrogens is 452 g/mol. The van der Waals surface area contributed by atoms with E-state index in [9.17, 15) is 14.7 Å². The number of urea groups is 1. The van der Waals surface area contributed by atoms with Gasteiger partial charge in [-0.1, -0.05) is 30.7 Å². The fourth-order valence-corrected chi connectivity index (χ4v) is 4.35. The van der Waals surface area contributed by atoms with Crippen molar-refractivity contribution in [3.63, 3.8) is 0 Å². The van der Waals surface area contributed by atoms with Crippen molar-refractivity contribution in [3.05, 3.63) is 58.1 Å². The number of aromatic nitrogens is 1. The Morgan fingerprint density at radius 3 is 2.72 bits per heavy atom. The van der Waals surface area contributed by atoms with Crippen LogP contribution < -0.4 is 11.1 Å². The summed E-state index contributed by atoms with van der Waals surface area (Å²) in [5.41, 5.74) is 7.54. The fourth-order valence-electron chi connectivity index (χ4n) is 3.28. The van der Waals surface area contributed by atoms with Gasteiger partial charge in [-0.2, -0.15) is 0 Å². The summed E-state index contributed by atoms with van der Waals surface area (Å²) in [5.74, 6) is -0.592. The number of rotatable bonds is 6. The molecule has 32 heavy (non-hydrogen) atoms. The summed E-state index contributed by atoms with van der Waals surface area (Å²) in [7, 11) is 0. The first kappa shape index (κ1) is 22.0. The summed E-state index contributed by atoms with van der Waals surface area (Å²) in [5, 5.41) is 15.1. The number of aliphatic imine (C=N–C) groups is 1. The minimum Gasteiger partial charge on any atom is -0.368 e. The first-order valence-electron chi connectivity index (χ1n) is 9.87.